The van der Waals surface area contributed by atoms with Crippen LogP contribution in [-0.2, 0) is 0 Å². The van der Waals surface area contributed by atoms with Crippen molar-refractivity contribution in [3.63, 3.8) is 0 Å². The van der Waals surface area contributed by atoms with Crippen LogP contribution < -0.4 is 0 Å². The molecule has 0 aromatic rings. The van der Waals surface area contributed by atoms with E-state index >= 15 is 0 Å². The van der Waals surface area contributed by atoms with Gasteiger partial charge in [-0.25, -0.2) is 0 Å². The molecule has 0 aromatic heterocycles. The van der Waals surface area contributed by atoms with Crippen molar-refractivity contribution >= 4 is 22.6 Å². The number of rotatable bonds is 5. The fourth-order valence-electron chi connectivity index (χ4n) is 1.14. The zero-order chi connectivity index (χ0) is 11.7. The second-order valence-corrected chi connectivity index (χ2v) is 5.23. The third kappa shape index (κ3) is 10.0. The van der Waals surface area contributed by atoms with Gasteiger partial charge in [-0.05, 0) is 59.8 Å². The number of aliphatic hydroxyl groups is 1. The molecule has 0 radical (unpaired) electrons. The molecule has 84 valence electrons. The summed E-state index contributed by atoms with van der Waals surface area (Å²) in [4.78, 5) is 0. The van der Waals surface area contributed by atoms with Crippen LogP contribution in [-0.4, -0.2) is 11.2 Å². The lowest BCUT2D eigenvalue weighted by atomic mass is 10.1. The topological polar surface area (TPSA) is 20.2 Å². The molecule has 0 aromatic carbocycles. The number of hydrogen-bond acceptors (Lipinski definition) is 1. The first-order valence-electron chi connectivity index (χ1n) is 5.14. The summed E-state index contributed by atoms with van der Waals surface area (Å²) in [7, 11) is 0. The van der Waals surface area contributed by atoms with Gasteiger partial charge < -0.3 is 5.11 Å². The van der Waals surface area contributed by atoms with E-state index in [-0.39, 0.29) is 0 Å². The molecule has 0 rings (SSSR count). The molecule has 1 N–H and O–H groups in total. The Bertz CT molecular complexity index is 287. The lowest BCUT2D eigenvalue weighted by molar-refractivity contribution is 0.236. The summed E-state index contributed by atoms with van der Waals surface area (Å²) in [6.45, 7) is 5.94. The summed E-state index contributed by atoms with van der Waals surface area (Å²) in [5.41, 5.74) is 1.32. The van der Waals surface area contributed by atoms with E-state index in [0.29, 0.717) is 6.42 Å². The molecular weight excluding hydrogens is 299 g/mol. The summed E-state index contributed by atoms with van der Waals surface area (Å²) in [6, 6.07) is 0. The van der Waals surface area contributed by atoms with E-state index in [1.165, 1.54) is 9.15 Å². The molecule has 0 bridgehead atoms. The van der Waals surface area contributed by atoms with Crippen LogP contribution in [0.3, 0.4) is 0 Å². The van der Waals surface area contributed by atoms with E-state index in [1.54, 1.807) is 6.92 Å². The smallest absolute Gasteiger partial charge is 0.118 e. The van der Waals surface area contributed by atoms with Crippen LogP contribution in [0.1, 0.15) is 40.0 Å². The highest BCUT2D eigenvalue weighted by Crippen LogP contribution is 2.11. The highest BCUT2D eigenvalue weighted by Gasteiger charge is 1.96. The Morgan fingerprint density at radius 3 is 2.60 bits per heavy atom. The van der Waals surface area contributed by atoms with Gasteiger partial charge >= 0.3 is 0 Å². The van der Waals surface area contributed by atoms with Crippen LogP contribution in [0.25, 0.3) is 0 Å². The Labute approximate surface area is 107 Å². The Hall–Kier alpha value is -0.270. The standard InChI is InChI=1S/C13H19IO/c1-4-6-13(15)10-9-11(2)7-5-8-12(3)14/h8-9,13,15H,5,7,10H2,1-3H3/b11-9+,12-8+. The minimum atomic E-state index is -0.508. The molecule has 0 saturated carbocycles. The minimum Gasteiger partial charge on any atom is -0.380 e. The Kier molecular flexibility index (Phi) is 8.83. The predicted molar refractivity (Wildman–Crippen MR) is 74.8 cm³/mol. The summed E-state index contributed by atoms with van der Waals surface area (Å²) in [5.74, 6) is 5.43. The van der Waals surface area contributed by atoms with Crippen LogP contribution in [0.5, 0.6) is 0 Å². The van der Waals surface area contributed by atoms with Crippen LogP contribution in [0.4, 0.5) is 0 Å². The second-order valence-electron chi connectivity index (χ2n) is 3.53. The average Bonchev–Trinajstić information content (AvgIpc) is 2.14. The monoisotopic (exact) mass is 318 g/mol. The van der Waals surface area contributed by atoms with E-state index in [1.807, 2.05) is 0 Å². The van der Waals surface area contributed by atoms with Crippen molar-refractivity contribution in [2.24, 2.45) is 0 Å². The van der Waals surface area contributed by atoms with Gasteiger partial charge in [-0.1, -0.05) is 23.6 Å². The summed E-state index contributed by atoms with van der Waals surface area (Å²) < 4.78 is 1.33. The highest BCUT2D eigenvalue weighted by molar-refractivity contribution is 14.1. The van der Waals surface area contributed by atoms with Crippen molar-refractivity contribution in [2.75, 3.05) is 0 Å². The molecule has 15 heavy (non-hydrogen) atoms. The van der Waals surface area contributed by atoms with Gasteiger partial charge in [0, 0.05) is 6.42 Å². The molecule has 2 heteroatoms. The molecule has 0 amide bonds. The highest BCUT2D eigenvalue weighted by atomic mass is 127. The van der Waals surface area contributed by atoms with Crippen LogP contribution >= 0.6 is 22.6 Å². The lowest BCUT2D eigenvalue weighted by Gasteiger charge is -2.01. The van der Waals surface area contributed by atoms with Crippen molar-refractivity contribution in [3.05, 3.63) is 21.3 Å². The van der Waals surface area contributed by atoms with Crippen molar-refractivity contribution < 1.29 is 5.11 Å². The van der Waals surface area contributed by atoms with Gasteiger partial charge in [0.1, 0.15) is 6.10 Å². The van der Waals surface area contributed by atoms with E-state index in [0.717, 1.165) is 12.8 Å². The average molecular weight is 318 g/mol. The first kappa shape index (κ1) is 14.7. The first-order valence-corrected chi connectivity index (χ1v) is 6.22. The Morgan fingerprint density at radius 1 is 1.40 bits per heavy atom. The van der Waals surface area contributed by atoms with Gasteiger partial charge in [-0.3, -0.25) is 0 Å². The maximum Gasteiger partial charge on any atom is 0.118 e. The molecule has 1 unspecified atom stereocenters. The van der Waals surface area contributed by atoms with Gasteiger partial charge in [0.2, 0.25) is 0 Å². The molecule has 0 saturated heterocycles. The number of halogens is 1. The molecular formula is C13H19IO. The summed E-state index contributed by atoms with van der Waals surface area (Å²) >= 11 is 2.32. The minimum absolute atomic E-state index is 0.508. The van der Waals surface area contributed by atoms with Crippen molar-refractivity contribution in [3.8, 4) is 11.8 Å². The van der Waals surface area contributed by atoms with Crippen LogP contribution in [0.15, 0.2) is 21.3 Å². The maximum absolute atomic E-state index is 9.38. The van der Waals surface area contributed by atoms with E-state index < -0.39 is 6.10 Å². The Balaban J connectivity index is 3.87. The molecule has 1 atom stereocenters. The zero-order valence-electron chi connectivity index (χ0n) is 9.68. The van der Waals surface area contributed by atoms with Gasteiger partial charge in [-0.15, -0.1) is 5.92 Å². The number of hydrogen-bond donors (Lipinski definition) is 1. The molecule has 0 aliphatic heterocycles. The SMILES string of the molecule is CC#CC(O)C/C=C(\C)CC/C=C(\C)I. The molecule has 0 fully saturated rings. The van der Waals surface area contributed by atoms with E-state index in [4.69, 9.17) is 0 Å². The quantitative estimate of drug-likeness (QED) is 0.464. The zero-order valence-corrected chi connectivity index (χ0v) is 11.8. The normalized spacial score (nSPS) is 14.5. The lowest BCUT2D eigenvalue weighted by Crippen LogP contribution is -2.00. The Morgan fingerprint density at radius 2 is 2.07 bits per heavy atom. The third-order valence-corrected chi connectivity index (χ3v) is 2.41. The first-order chi connectivity index (χ1) is 7.06. The molecule has 1 nitrogen and oxygen atoms in total. The maximum atomic E-state index is 9.38. The van der Waals surface area contributed by atoms with Gasteiger partial charge in [0.05, 0.1) is 0 Å². The molecule has 0 aliphatic rings. The molecule has 0 spiro atoms. The van der Waals surface area contributed by atoms with Crippen LogP contribution in [0, 0.1) is 11.8 Å². The number of allylic oxidation sites excluding steroid dienone is 3. The summed E-state index contributed by atoms with van der Waals surface area (Å²) in [5, 5.41) is 9.38. The fraction of sp³-hybridized carbons (Fsp3) is 0.538. The second kappa shape index (κ2) is 8.99. The largest absolute Gasteiger partial charge is 0.380 e. The third-order valence-electron chi connectivity index (χ3n) is 1.96. The fourth-order valence-corrected chi connectivity index (χ4v) is 1.45. The van der Waals surface area contributed by atoms with Gasteiger partial charge in [-0.2, -0.15) is 0 Å². The number of aliphatic hydroxyl groups excluding tert-OH is 1. The summed E-state index contributed by atoms with van der Waals surface area (Å²) in [6.07, 6.45) is 6.57. The van der Waals surface area contributed by atoms with Crippen molar-refractivity contribution in [1.29, 1.82) is 0 Å². The van der Waals surface area contributed by atoms with Crippen molar-refractivity contribution in [1.82, 2.24) is 0 Å². The van der Waals surface area contributed by atoms with Gasteiger partial charge in [0.15, 0.2) is 0 Å². The predicted octanol–water partition coefficient (Wildman–Crippen LogP) is 3.83. The van der Waals surface area contributed by atoms with Crippen LogP contribution in [0.2, 0.25) is 0 Å². The molecule has 0 aliphatic carbocycles. The van der Waals surface area contributed by atoms with Crippen molar-refractivity contribution in [2.45, 2.75) is 46.1 Å². The van der Waals surface area contributed by atoms with E-state index in [2.05, 4.69) is 60.4 Å². The van der Waals surface area contributed by atoms with E-state index in [9.17, 15) is 5.11 Å². The molecule has 0 heterocycles. The van der Waals surface area contributed by atoms with Gasteiger partial charge in [0.25, 0.3) is 0 Å².